The van der Waals surface area contributed by atoms with Crippen molar-refractivity contribution in [2.75, 3.05) is 19.7 Å². The Morgan fingerprint density at radius 3 is 2.76 bits per heavy atom. The van der Waals surface area contributed by atoms with E-state index in [0.29, 0.717) is 18.4 Å². The number of hydrogen-bond acceptors (Lipinski definition) is 2. The molecule has 3 unspecified atom stereocenters. The van der Waals surface area contributed by atoms with Gasteiger partial charge in [-0.1, -0.05) is 25.8 Å². The lowest BCUT2D eigenvalue weighted by molar-refractivity contribution is -0.138. The highest BCUT2D eigenvalue weighted by molar-refractivity contribution is 5.79. The summed E-state index contributed by atoms with van der Waals surface area (Å²) in [6.45, 7) is 8.16. The highest BCUT2D eigenvalue weighted by Gasteiger charge is 2.34. The molecular weight excluding hydrogens is 214 g/mol. The molecule has 0 spiro atoms. The number of amides is 1. The molecule has 1 aliphatic carbocycles. The first kappa shape index (κ1) is 12.6. The van der Waals surface area contributed by atoms with E-state index in [-0.39, 0.29) is 12.0 Å². The maximum atomic E-state index is 12.5. The van der Waals surface area contributed by atoms with Crippen molar-refractivity contribution < 1.29 is 9.53 Å². The second-order valence-corrected chi connectivity index (χ2v) is 5.36. The third-order valence-corrected chi connectivity index (χ3v) is 3.92. The van der Waals surface area contributed by atoms with Crippen LogP contribution in [0.3, 0.4) is 0 Å². The molecule has 1 saturated carbocycles. The minimum Gasteiger partial charge on any atom is -0.371 e. The molecule has 2 rings (SSSR count). The molecule has 17 heavy (non-hydrogen) atoms. The number of rotatable bonds is 5. The van der Waals surface area contributed by atoms with Gasteiger partial charge in [-0.2, -0.15) is 0 Å². The van der Waals surface area contributed by atoms with Crippen molar-refractivity contribution >= 4 is 5.91 Å². The van der Waals surface area contributed by atoms with Gasteiger partial charge in [-0.3, -0.25) is 4.79 Å². The topological polar surface area (TPSA) is 32.8 Å². The average molecular weight is 237 g/mol. The second kappa shape index (κ2) is 5.67. The predicted octanol–water partition coefficient (Wildman–Crippen LogP) is 2.23. The van der Waals surface area contributed by atoms with Gasteiger partial charge in [0.25, 0.3) is 0 Å². The fraction of sp³-hybridized carbons (Fsp3) is 0.786. The van der Waals surface area contributed by atoms with Crippen LogP contribution >= 0.6 is 0 Å². The number of ether oxygens (including phenoxy) is 1. The molecule has 3 heteroatoms. The van der Waals surface area contributed by atoms with E-state index >= 15 is 0 Å². The summed E-state index contributed by atoms with van der Waals surface area (Å²) >= 11 is 0. The monoisotopic (exact) mass is 237 g/mol. The van der Waals surface area contributed by atoms with Crippen molar-refractivity contribution in [1.29, 1.82) is 0 Å². The van der Waals surface area contributed by atoms with Crippen molar-refractivity contribution in [3.8, 4) is 0 Å². The van der Waals surface area contributed by atoms with Crippen molar-refractivity contribution in [3.05, 3.63) is 12.7 Å². The summed E-state index contributed by atoms with van der Waals surface area (Å²) in [6.07, 6.45) is 6.81. The molecule has 3 nitrogen and oxygen atoms in total. The molecule has 2 fully saturated rings. The molecule has 1 amide bonds. The van der Waals surface area contributed by atoms with E-state index in [0.717, 1.165) is 19.6 Å². The molecule has 0 aromatic heterocycles. The zero-order chi connectivity index (χ0) is 12.3. The van der Waals surface area contributed by atoms with Crippen LogP contribution in [-0.4, -0.2) is 36.6 Å². The predicted molar refractivity (Wildman–Crippen MR) is 67.6 cm³/mol. The Kier molecular flexibility index (Phi) is 4.21. The van der Waals surface area contributed by atoms with Gasteiger partial charge in [-0.05, 0) is 18.8 Å². The highest BCUT2D eigenvalue weighted by Crippen LogP contribution is 2.31. The summed E-state index contributed by atoms with van der Waals surface area (Å²) in [5.41, 5.74) is 0. The van der Waals surface area contributed by atoms with E-state index in [1.165, 1.54) is 19.3 Å². The van der Waals surface area contributed by atoms with Crippen LogP contribution in [0.15, 0.2) is 12.7 Å². The Balaban J connectivity index is 1.95. The zero-order valence-corrected chi connectivity index (χ0v) is 10.7. The average Bonchev–Trinajstić information content (AvgIpc) is 3.12. The fourth-order valence-corrected chi connectivity index (χ4v) is 2.75. The molecular formula is C14H23NO2. The Morgan fingerprint density at radius 1 is 1.47 bits per heavy atom. The van der Waals surface area contributed by atoms with Gasteiger partial charge in [0.1, 0.15) is 0 Å². The fourth-order valence-electron chi connectivity index (χ4n) is 2.75. The van der Waals surface area contributed by atoms with Gasteiger partial charge >= 0.3 is 0 Å². The van der Waals surface area contributed by atoms with Crippen molar-refractivity contribution in [2.45, 2.75) is 38.7 Å². The summed E-state index contributed by atoms with van der Waals surface area (Å²) in [5, 5.41) is 0. The Morgan fingerprint density at radius 2 is 2.18 bits per heavy atom. The van der Waals surface area contributed by atoms with Gasteiger partial charge < -0.3 is 9.64 Å². The lowest BCUT2D eigenvalue weighted by atomic mass is 9.79. The van der Waals surface area contributed by atoms with Crippen LogP contribution in [0.25, 0.3) is 0 Å². The number of epoxide rings is 1. The van der Waals surface area contributed by atoms with Gasteiger partial charge in [0.15, 0.2) is 0 Å². The smallest absolute Gasteiger partial charge is 0.226 e. The third kappa shape index (κ3) is 3.32. The van der Waals surface area contributed by atoms with Crippen LogP contribution in [-0.2, 0) is 9.53 Å². The first-order valence-corrected chi connectivity index (χ1v) is 6.73. The normalized spacial score (nSPS) is 31.9. The summed E-state index contributed by atoms with van der Waals surface area (Å²) in [6, 6.07) is 0. The lowest BCUT2D eigenvalue weighted by Gasteiger charge is -2.32. The largest absolute Gasteiger partial charge is 0.371 e. The van der Waals surface area contributed by atoms with Gasteiger partial charge in [-0.25, -0.2) is 0 Å². The quantitative estimate of drug-likeness (QED) is 0.542. The molecule has 0 aromatic rings. The molecule has 0 N–H and O–H groups in total. The van der Waals surface area contributed by atoms with E-state index in [1.54, 1.807) is 0 Å². The van der Waals surface area contributed by atoms with Crippen LogP contribution in [0.2, 0.25) is 0 Å². The van der Waals surface area contributed by atoms with Crippen molar-refractivity contribution in [3.63, 3.8) is 0 Å². The molecule has 2 aliphatic rings. The van der Waals surface area contributed by atoms with Gasteiger partial charge in [-0.15, -0.1) is 6.58 Å². The van der Waals surface area contributed by atoms with Crippen LogP contribution in [0.5, 0.6) is 0 Å². The highest BCUT2D eigenvalue weighted by atomic mass is 16.6. The van der Waals surface area contributed by atoms with Crippen LogP contribution in [0, 0.1) is 11.8 Å². The minimum atomic E-state index is 0.224. The van der Waals surface area contributed by atoms with Gasteiger partial charge in [0.2, 0.25) is 5.91 Å². The minimum absolute atomic E-state index is 0.224. The summed E-state index contributed by atoms with van der Waals surface area (Å²) < 4.78 is 5.22. The Labute approximate surface area is 104 Å². The second-order valence-electron chi connectivity index (χ2n) is 5.36. The number of carbonyl (C=O) groups excluding carboxylic acids is 1. The summed E-state index contributed by atoms with van der Waals surface area (Å²) in [5.74, 6) is 1.07. The van der Waals surface area contributed by atoms with E-state index in [4.69, 9.17) is 4.74 Å². The number of hydrogen-bond donors (Lipinski definition) is 0. The molecule has 1 heterocycles. The number of nitrogens with zero attached hydrogens (tertiary/aromatic N) is 1. The van der Waals surface area contributed by atoms with E-state index < -0.39 is 0 Å². The van der Waals surface area contributed by atoms with Gasteiger partial charge in [0.05, 0.1) is 12.7 Å². The van der Waals surface area contributed by atoms with Crippen LogP contribution in [0.1, 0.15) is 32.6 Å². The Bertz CT molecular complexity index is 286. The maximum absolute atomic E-state index is 12.5. The SMILES string of the molecule is C=CCN(CC1CO1)C(=O)C1CCCCC1C. The number of carbonyl (C=O) groups is 1. The zero-order valence-electron chi connectivity index (χ0n) is 10.7. The van der Waals surface area contributed by atoms with Crippen LogP contribution in [0.4, 0.5) is 0 Å². The van der Waals surface area contributed by atoms with Crippen molar-refractivity contribution in [2.24, 2.45) is 11.8 Å². The molecule has 3 atom stereocenters. The van der Waals surface area contributed by atoms with E-state index in [2.05, 4.69) is 13.5 Å². The van der Waals surface area contributed by atoms with E-state index in [9.17, 15) is 4.79 Å². The standard InChI is InChI=1S/C14H23NO2/c1-3-8-15(9-12-10-17-12)14(16)13-7-5-4-6-11(13)2/h3,11-13H,1,4-10H2,2H3. The molecule has 1 aliphatic heterocycles. The van der Waals surface area contributed by atoms with Crippen LogP contribution < -0.4 is 0 Å². The maximum Gasteiger partial charge on any atom is 0.226 e. The molecule has 0 radical (unpaired) electrons. The first-order valence-electron chi connectivity index (χ1n) is 6.73. The molecule has 0 aromatic carbocycles. The first-order chi connectivity index (χ1) is 8.22. The van der Waals surface area contributed by atoms with E-state index in [1.807, 2.05) is 11.0 Å². The molecule has 1 saturated heterocycles. The van der Waals surface area contributed by atoms with Crippen molar-refractivity contribution in [1.82, 2.24) is 4.90 Å². The Hall–Kier alpha value is -0.830. The summed E-state index contributed by atoms with van der Waals surface area (Å²) in [7, 11) is 0. The third-order valence-electron chi connectivity index (χ3n) is 3.92. The van der Waals surface area contributed by atoms with Gasteiger partial charge in [0, 0.05) is 19.0 Å². The summed E-state index contributed by atoms with van der Waals surface area (Å²) in [4.78, 5) is 14.4. The molecule has 0 bridgehead atoms. The molecule has 96 valence electrons. The lowest BCUT2D eigenvalue weighted by Crippen LogP contribution is -2.41.